The summed E-state index contributed by atoms with van der Waals surface area (Å²) in [7, 11) is 0. The first kappa shape index (κ1) is 27.1. The first-order chi connectivity index (χ1) is 17.9. The van der Waals surface area contributed by atoms with Crippen LogP contribution in [0.25, 0.3) is 0 Å². The van der Waals surface area contributed by atoms with E-state index in [9.17, 15) is 9.90 Å². The predicted octanol–water partition coefficient (Wildman–Crippen LogP) is 3.90. The van der Waals surface area contributed by atoms with Gasteiger partial charge in [-0.1, -0.05) is 26.0 Å². The molecule has 1 unspecified atom stereocenters. The SMILES string of the molecule is CCN(CC)c1ccc(CN2CCOC(C(=O)N(Cc3ccc4c(c3)OCCO4)CC(C)C)C2)c(O)c1. The number of rotatable bonds is 10. The molecule has 0 bridgehead atoms. The summed E-state index contributed by atoms with van der Waals surface area (Å²) in [6.07, 6.45) is -0.540. The molecule has 2 heterocycles. The Kier molecular flexibility index (Phi) is 9.16. The molecule has 1 saturated heterocycles. The first-order valence-corrected chi connectivity index (χ1v) is 13.5. The number of hydrogen-bond acceptors (Lipinski definition) is 7. The van der Waals surface area contributed by atoms with Crippen molar-refractivity contribution in [2.75, 3.05) is 57.4 Å². The fraction of sp³-hybridized carbons (Fsp3) is 0.552. The quantitative estimate of drug-likeness (QED) is 0.519. The van der Waals surface area contributed by atoms with Crippen molar-refractivity contribution in [3.8, 4) is 17.2 Å². The Morgan fingerprint density at radius 2 is 1.81 bits per heavy atom. The lowest BCUT2D eigenvalue weighted by molar-refractivity contribution is -0.151. The number of morpholine rings is 1. The van der Waals surface area contributed by atoms with Gasteiger partial charge in [0.1, 0.15) is 25.1 Å². The molecule has 2 aliphatic rings. The summed E-state index contributed by atoms with van der Waals surface area (Å²) in [6.45, 7) is 14.7. The highest BCUT2D eigenvalue weighted by atomic mass is 16.6. The van der Waals surface area contributed by atoms with Crippen LogP contribution in [-0.4, -0.2) is 79.5 Å². The van der Waals surface area contributed by atoms with Crippen LogP contribution in [0.3, 0.4) is 0 Å². The number of phenolic OH excluding ortho intramolecular Hbond substituents is 1. The van der Waals surface area contributed by atoms with Crippen LogP contribution in [0.2, 0.25) is 0 Å². The molecule has 8 nitrogen and oxygen atoms in total. The van der Waals surface area contributed by atoms with E-state index in [0.717, 1.165) is 41.4 Å². The Morgan fingerprint density at radius 1 is 1.05 bits per heavy atom. The maximum absolute atomic E-state index is 13.6. The van der Waals surface area contributed by atoms with Gasteiger partial charge >= 0.3 is 0 Å². The standard InChI is InChI=1S/C29H41N3O5/c1-5-31(6-2)24-9-8-23(25(33)16-24)19-30-11-12-35-28(20-30)29(34)32(17-21(3)4)18-22-7-10-26-27(15-22)37-14-13-36-26/h7-10,15-16,21,28,33H,5-6,11-14,17-20H2,1-4H3. The summed E-state index contributed by atoms with van der Waals surface area (Å²) in [5.74, 6) is 2.08. The van der Waals surface area contributed by atoms with Gasteiger partial charge in [0, 0.05) is 63.1 Å². The molecule has 1 N–H and O–H groups in total. The molecule has 4 rings (SSSR count). The van der Waals surface area contributed by atoms with Gasteiger partial charge in [0.15, 0.2) is 11.5 Å². The maximum Gasteiger partial charge on any atom is 0.253 e. The summed E-state index contributed by atoms with van der Waals surface area (Å²) < 4.78 is 17.3. The second-order valence-electron chi connectivity index (χ2n) is 10.2. The number of nitrogens with zero attached hydrogens (tertiary/aromatic N) is 3. The van der Waals surface area contributed by atoms with Crippen molar-refractivity contribution in [3.63, 3.8) is 0 Å². The van der Waals surface area contributed by atoms with Gasteiger partial charge in [-0.05, 0) is 43.5 Å². The van der Waals surface area contributed by atoms with Crippen molar-refractivity contribution >= 4 is 11.6 Å². The molecular weight excluding hydrogens is 470 g/mol. The molecule has 1 amide bonds. The number of amides is 1. The number of hydrogen-bond donors (Lipinski definition) is 1. The largest absolute Gasteiger partial charge is 0.508 e. The van der Waals surface area contributed by atoms with E-state index >= 15 is 0 Å². The first-order valence-electron chi connectivity index (χ1n) is 13.5. The van der Waals surface area contributed by atoms with E-state index in [2.05, 4.69) is 43.6 Å². The monoisotopic (exact) mass is 511 g/mol. The highest BCUT2D eigenvalue weighted by Gasteiger charge is 2.31. The van der Waals surface area contributed by atoms with Gasteiger partial charge < -0.3 is 29.1 Å². The summed E-state index contributed by atoms with van der Waals surface area (Å²) >= 11 is 0. The number of phenols is 1. The van der Waals surface area contributed by atoms with Crippen LogP contribution in [0.4, 0.5) is 5.69 Å². The zero-order valence-corrected chi connectivity index (χ0v) is 22.6. The Bertz CT molecular complexity index is 1060. The van der Waals surface area contributed by atoms with Crippen LogP contribution in [0, 0.1) is 5.92 Å². The highest BCUT2D eigenvalue weighted by molar-refractivity contribution is 5.81. The van der Waals surface area contributed by atoms with Gasteiger partial charge in [0.25, 0.3) is 5.91 Å². The number of carbonyl (C=O) groups excluding carboxylic acids is 1. The van der Waals surface area contributed by atoms with Crippen LogP contribution in [0.5, 0.6) is 17.2 Å². The highest BCUT2D eigenvalue weighted by Crippen LogP contribution is 2.31. The van der Waals surface area contributed by atoms with Gasteiger partial charge in [0.05, 0.1) is 6.61 Å². The van der Waals surface area contributed by atoms with E-state index in [4.69, 9.17) is 14.2 Å². The molecule has 0 spiro atoms. The number of ether oxygens (including phenoxy) is 3. The second kappa shape index (κ2) is 12.5. The third-order valence-electron chi connectivity index (χ3n) is 6.89. The average molecular weight is 512 g/mol. The van der Waals surface area contributed by atoms with Crippen LogP contribution >= 0.6 is 0 Å². The summed E-state index contributed by atoms with van der Waals surface area (Å²) in [5, 5.41) is 10.7. The number of benzene rings is 2. The van der Waals surface area contributed by atoms with Crippen LogP contribution < -0.4 is 14.4 Å². The molecule has 1 atom stereocenters. The van der Waals surface area contributed by atoms with E-state index in [-0.39, 0.29) is 5.91 Å². The molecule has 8 heteroatoms. The molecule has 202 valence electrons. The van der Waals surface area contributed by atoms with Crippen molar-refractivity contribution in [2.24, 2.45) is 5.92 Å². The predicted molar refractivity (Wildman–Crippen MR) is 144 cm³/mol. The molecule has 0 aliphatic carbocycles. The Balaban J connectivity index is 1.42. The number of fused-ring (bicyclic) bond motifs is 1. The number of anilines is 1. The van der Waals surface area contributed by atoms with E-state index in [0.29, 0.717) is 64.2 Å². The van der Waals surface area contributed by atoms with Gasteiger partial charge in [-0.3, -0.25) is 9.69 Å². The molecule has 0 saturated carbocycles. The molecule has 2 aliphatic heterocycles. The van der Waals surface area contributed by atoms with Crippen molar-refractivity contribution in [2.45, 2.75) is 46.9 Å². The smallest absolute Gasteiger partial charge is 0.253 e. The number of carbonyl (C=O) groups is 1. The third kappa shape index (κ3) is 6.87. The van der Waals surface area contributed by atoms with Gasteiger partial charge in [0.2, 0.25) is 0 Å². The van der Waals surface area contributed by atoms with E-state index < -0.39 is 6.10 Å². The molecule has 0 aromatic heterocycles. The second-order valence-corrected chi connectivity index (χ2v) is 10.2. The van der Waals surface area contributed by atoms with Crippen LogP contribution in [0.1, 0.15) is 38.8 Å². The zero-order valence-electron chi connectivity index (χ0n) is 22.6. The van der Waals surface area contributed by atoms with Crippen molar-refractivity contribution < 1.29 is 24.1 Å². The normalized spacial score (nSPS) is 17.6. The number of aromatic hydroxyl groups is 1. The summed E-state index contributed by atoms with van der Waals surface area (Å²) in [4.78, 5) is 19.9. The fourth-order valence-electron chi connectivity index (χ4n) is 4.99. The minimum Gasteiger partial charge on any atom is -0.508 e. The third-order valence-corrected chi connectivity index (χ3v) is 6.89. The molecule has 37 heavy (non-hydrogen) atoms. The van der Waals surface area contributed by atoms with Crippen LogP contribution in [0.15, 0.2) is 36.4 Å². The Labute approximate surface area is 220 Å². The van der Waals surface area contributed by atoms with E-state index in [1.165, 1.54) is 0 Å². The maximum atomic E-state index is 13.6. The molecule has 2 aromatic rings. The van der Waals surface area contributed by atoms with Crippen molar-refractivity contribution in [1.82, 2.24) is 9.80 Å². The fourth-order valence-corrected chi connectivity index (χ4v) is 4.99. The lowest BCUT2D eigenvalue weighted by Crippen LogP contribution is -2.51. The van der Waals surface area contributed by atoms with Crippen molar-refractivity contribution in [1.29, 1.82) is 0 Å². The van der Waals surface area contributed by atoms with Gasteiger partial charge in [-0.2, -0.15) is 0 Å². The van der Waals surface area contributed by atoms with E-state index in [1.807, 2.05) is 35.2 Å². The topological polar surface area (TPSA) is 74.7 Å². The lowest BCUT2D eigenvalue weighted by Gasteiger charge is -2.36. The Morgan fingerprint density at radius 3 is 2.51 bits per heavy atom. The van der Waals surface area contributed by atoms with Gasteiger partial charge in [-0.15, -0.1) is 0 Å². The summed E-state index contributed by atoms with van der Waals surface area (Å²) in [5.41, 5.74) is 2.88. The van der Waals surface area contributed by atoms with Gasteiger partial charge in [-0.25, -0.2) is 0 Å². The summed E-state index contributed by atoms with van der Waals surface area (Å²) in [6, 6.07) is 11.8. The Hall–Kier alpha value is -2.97. The minimum atomic E-state index is -0.540. The average Bonchev–Trinajstić information content (AvgIpc) is 2.90. The molecule has 1 fully saturated rings. The lowest BCUT2D eigenvalue weighted by atomic mass is 10.1. The van der Waals surface area contributed by atoms with Crippen molar-refractivity contribution in [3.05, 3.63) is 47.5 Å². The van der Waals surface area contributed by atoms with Crippen LogP contribution in [-0.2, 0) is 22.6 Å². The minimum absolute atomic E-state index is 0.00519. The van der Waals surface area contributed by atoms with E-state index in [1.54, 1.807) is 0 Å². The molecule has 0 radical (unpaired) electrons. The zero-order chi connectivity index (χ0) is 26.4. The molecule has 2 aromatic carbocycles. The molecular formula is C29H41N3O5.